The molecule has 2 amide bonds. The van der Waals surface area contributed by atoms with Crippen molar-refractivity contribution in [1.82, 2.24) is 9.80 Å². The summed E-state index contributed by atoms with van der Waals surface area (Å²) in [5.74, 6) is 0.662. The van der Waals surface area contributed by atoms with Crippen molar-refractivity contribution in [2.75, 3.05) is 26.2 Å². The number of hydrogen-bond acceptors (Lipinski definition) is 3. The van der Waals surface area contributed by atoms with Gasteiger partial charge in [0, 0.05) is 32.5 Å². The molecule has 0 bridgehead atoms. The van der Waals surface area contributed by atoms with Gasteiger partial charge in [-0.1, -0.05) is 30.3 Å². The second-order valence-electron chi connectivity index (χ2n) is 6.63. The quantitative estimate of drug-likeness (QED) is 0.911. The van der Waals surface area contributed by atoms with Gasteiger partial charge in [0.1, 0.15) is 6.04 Å². The van der Waals surface area contributed by atoms with Crippen molar-refractivity contribution in [2.45, 2.75) is 31.7 Å². The van der Waals surface area contributed by atoms with Crippen molar-refractivity contribution in [1.29, 1.82) is 0 Å². The minimum atomic E-state index is -0.277. The molecule has 3 atom stereocenters. The third kappa shape index (κ3) is 3.11. The summed E-state index contributed by atoms with van der Waals surface area (Å²) in [5, 5.41) is 0. The molecule has 0 saturated carbocycles. The van der Waals surface area contributed by atoms with E-state index in [0.717, 1.165) is 12.8 Å². The van der Waals surface area contributed by atoms with Crippen molar-refractivity contribution in [3.8, 4) is 0 Å². The molecule has 2 aliphatic rings. The fourth-order valence-electron chi connectivity index (χ4n) is 3.98. The maximum absolute atomic E-state index is 12.9. The van der Waals surface area contributed by atoms with Crippen LogP contribution in [0.3, 0.4) is 0 Å². The Hall–Kier alpha value is -1.88. The van der Waals surface area contributed by atoms with E-state index in [1.807, 2.05) is 23.1 Å². The summed E-state index contributed by atoms with van der Waals surface area (Å²) in [4.78, 5) is 28.2. The molecule has 0 aliphatic carbocycles. The molecule has 3 rings (SSSR count). The van der Waals surface area contributed by atoms with Crippen LogP contribution in [0.4, 0.5) is 0 Å². The van der Waals surface area contributed by atoms with Gasteiger partial charge in [-0.2, -0.15) is 0 Å². The molecule has 23 heavy (non-hydrogen) atoms. The van der Waals surface area contributed by atoms with Gasteiger partial charge in [-0.3, -0.25) is 9.59 Å². The minimum absolute atomic E-state index is 0.00460. The van der Waals surface area contributed by atoms with E-state index in [9.17, 15) is 9.59 Å². The van der Waals surface area contributed by atoms with Crippen LogP contribution in [0.2, 0.25) is 0 Å². The lowest BCUT2D eigenvalue weighted by Gasteiger charge is -2.27. The van der Waals surface area contributed by atoms with Crippen LogP contribution >= 0.6 is 0 Å². The number of carbonyl (C=O) groups excluding carboxylic acids is 2. The van der Waals surface area contributed by atoms with Crippen molar-refractivity contribution >= 4 is 11.8 Å². The third-order valence-corrected chi connectivity index (χ3v) is 5.23. The van der Waals surface area contributed by atoms with E-state index in [-0.39, 0.29) is 29.7 Å². The Bertz CT molecular complexity index is 575. The van der Waals surface area contributed by atoms with Gasteiger partial charge in [0.15, 0.2) is 0 Å². The van der Waals surface area contributed by atoms with Gasteiger partial charge in [-0.15, -0.1) is 0 Å². The van der Waals surface area contributed by atoms with Crippen LogP contribution in [0.5, 0.6) is 0 Å². The Morgan fingerprint density at radius 3 is 2.61 bits per heavy atom. The normalized spacial score (nSPS) is 27.5. The number of nitrogens with two attached hydrogens (primary N) is 1. The first-order valence-electron chi connectivity index (χ1n) is 8.42. The third-order valence-electron chi connectivity index (χ3n) is 5.23. The van der Waals surface area contributed by atoms with Crippen LogP contribution in [0, 0.1) is 5.92 Å². The van der Waals surface area contributed by atoms with Crippen molar-refractivity contribution < 1.29 is 9.59 Å². The topological polar surface area (TPSA) is 66.6 Å². The highest BCUT2D eigenvalue weighted by Crippen LogP contribution is 2.33. The number of nitrogens with zero attached hydrogens (tertiary/aromatic N) is 2. The van der Waals surface area contributed by atoms with E-state index in [1.165, 1.54) is 5.56 Å². The lowest BCUT2D eigenvalue weighted by molar-refractivity contribution is -0.142. The van der Waals surface area contributed by atoms with Crippen LogP contribution in [0.15, 0.2) is 30.3 Å². The van der Waals surface area contributed by atoms with Crippen LogP contribution in [0.25, 0.3) is 0 Å². The summed E-state index contributed by atoms with van der Waals surface area (Å²) >= 11 is 0. The summed E-state index contributed by atoms with van der Waals surface area (Å²) in [5.41, 5.74) is 7.19. The molecule has 2 heterocycles. The molecular formula is C18H25N3O2. The fourth-order valence-corrected chi connectivity index (χ4v) is 3.98. The Labute approximate surface area is 137 Å². The van der Waals surface area contributed by atoms with Crippen molar-refractivity contribution in [3.63, 3.8) is 0 Å². The molecule has 5 heteroatoms. The second-order valence-corrected chi connectivity index (χ2v) is 6.63. The highest BCUT2D eigenvalue weighted by atomic mass is 16.2. The minimum Gasteiger partial charge on any atom is -0.340 e. The standard InChI is InChI=1S/C18H25N3O2/c1-13(22)21-9-5-8-17(21)18(23)20-11-15(10-19)16(12-20)14-6-3-2-4-7-14/h2-4,6-7,15-17H,5,8-12,19H2,1H3/t15-,16+,17?/m1/s1. The molecule has 1 aromatic rings. The van der Waals surface area contributed by atoms with Gasteiger partial charge in [-0.05, 0) is 30.9 Å². The van der Waals surface area contributed by atoms with Crippen molar-refractivity contribution in [3.05, 3.63) is 35.9 Å². The van der Waals surface area contributed by atoms with Gasteiger partial charge in [0.05, 0.1) is 0 Å². The molecule has 5 nitrogen and oxygen atoms in total. The molecule has 2 N–H and O–H groups in total. The van der Waals surface area contributed by atoms with Crippen LogP contribution < -0.4 is 5.73 Å². The summed E-state index contributed by atoms with van der Waals surface area (Å²) in [6, 6.07) is 10.0. The number of likely N-dealkylation sites (tertiary alicyclic amines) is 2. The zero-order valence-corrected chi connectivity index (χ0v) is 13.6. The molecule has 1 aromatic carbocycles. The van der Waals surface area contributed by atoms with E-state index in [0.29, 0.717) is 26.2 Å². The van der Waals surface area contributed by atoms with Gasteiger partial charge in [0.25, 0.3) is 0 Å². The number of rotatable bonds is 3. The summed E-state index contributed by atoms with van der Waals surface area (Å²) < 4.78 is 0. The highest BCUT2D eigenvalue weighted by molar-refractivity contribution is 5.87. The van der Waals surface area contributed by atoms with E-state index >= 15 is 0 Å². The highest BCUT2D eigenvalue weighted by Gasteiger charge is 2.41. The number of hydrogen-bond donors (Lipinski definition) is 1. The number of amides is 2. The largest absolute Gasteiger partial charge is 0.340 e. The zero-order valence-electron chi connectivity index (χ0n) is 13.6. The predicted molar refractivity (Wildman–Crippen MR) is 88.7 cm³/mol. The van der Waals surface area contributed by atoms with E-state index in [2.05, 4.69) is 12.1 Å². The molecule has 2 aliphatic heterocycles. The Morgan fingerprint density at radius 1 is 1.22 bits per heavy atom. The maximum Gasteiger partial charge on any atom is 0.245 e. The van der Waals surface area contributed by atoms with Crippen LogP contribution in [-0.2, 0) is 9.59 Å². The van der Waals surface area contributed by atoms with Crippen LogP contribution in [0.1, 0.15) is 31.2 Å². The first-order chi connectivity index (χ1) is 11.1. The lowest BCUT2D eigenvalue weighted by Crippen LogP contribution is -2.46. The smallest absolute Gasteiger partial charge is 0.245 e. The van der Waals surface area contributed by atoms with Gasteiger partial charge in [0.2, 0.25) is 11.8 Å². The van der Waals surface area contributed by atoms with Gasteiger partial charge in [-0.25, -0.2) is 0 Å². The SMILES string of the molecule is CC(=O)N1CCCC1C(=O)N1C[C@@H](CN)[C@H](c2ccccc2)C1. The monoisotopic (exact) mass is 315 g/mol. The molecule has 1 unspecified atom stereocenters. The molecule has 2 fully saturated rings. The van der Waals surface area contributed by atoms with Gasteiger partial charge >= 0.3 is 0 Å². The number of carbonyl (C=O) groups is 2. The molecule has 0 spiro atoms. The molecule has 0 aromatic heterocycles. The Morgan fingerprint density at radius 2 is 1.96 bits per heavy atom. The lowest BCUT2D eigenvalue weighted by atomic mass is 9.89. The molecular weight excluding hydrogens is 290 g/mol. The van der Waals surface area contributed by atoms with E-state index < -0.39 is 0 Å². The molecule has 0 radical (unpaired) electrons. The molecule has 2 saturated heterocycles. The summed E-state index contributed by atoms with van der Waals surface area (Å²) in [6.07, 6.45) is 1.68. The maximum atomic E-state index is 12.9. The predicted octanol–water partition coefficient (Wildman–Crippen LogP) is 1.20. The van der Waals surface area contributed by atoms with Crippen molar-refractivity contribution in [2.24, 2.45) is 11.7 Å². The first kappa shape index (κ1) is 16.0. The average molecular weight is 315 g/mol. The zero-order chi connectivity index (χ0) is 16.4. The van der Waals surface area contributed by atoms with E-state index in [1.54, 1.807) is 11.8 Å². The fraction of sp³-hybridized carbons (Fsp3) is 0.556. The second kappa shape index (κ2) is 6.71. The average Bonchev–Trinajstić information content (AvgIpc) is 3.22. The van der Waals surface area contributed by atoms with Gasteiger partial charge < -0.3 is 15.5 Å². The Kier molecular flexibility index (Phi) is 4.66. The summed E-state index contributed by atoms with van der Waals surface area (Å²) in [7, 11) is 0. The Balaban J connectivity index is 1.74. The summed E-state index contributed by atoms with van der Waals surface area (Å²) in [6.45, 7) is 4.21. The van der Waals surface area contributed by atoms with Crippen LogP contribution in [-0.4, -0.2) is 53.8 Å². The molecule has 124 valence electrons. The van der Waals surface area contributed by atoms with E-state index in [4.69, 9.17) is 5.73 Å². The number of benzene rings is 1. The first-order valence-corrected chi connectivity index (χ1v) is 8.42.